The van der Waals surface area contributed by atoms with Crippen LogP contribution in [0.1, 0.15) is 0 Å². The van der Waals surface area contributed by atoms with Crippen LogP contribution in [0.2, 0.25) is 0 Å². The molecular weight excluding hydrogens is 156 g/mol. The molecule has 0 aromatic carbocycles. The first kappa shape index (κ1) is 11.7. The van der Waals surface area contributed by atoms with E-state index in [-0.39, 0.29) is 12.4 Å². The number of hydrazine groups is 1. The lowest BCUT2D eigenvalue weighted by atomic mass is 10.7. The molecule has 1 heterocycles. The zero-order valence-electron chi connectivity index (χ0n) is 5.20. The molecule has 0 radical (unpaired) electrons. The highest BCUT2D eigenvalue weighted by atomic mass is 35.5. The topological polar surface area (TPSA) is 38.0 Å². The van der Waals surface area contributed by atoms with Crippen molar-refractivity contribution in [1.82, 2.24) is 5.43 Å². The van der Waals surface area contributed by atoms with E-state index < -0.39 is 0 Å². The Bertz CT molecular complexity index is 81.9. The summed E-state index contributed by atoms with van der Waals surface area (Å²) in [5.74, 6) is 4.60. The molecular formula is C5H11ClN2S. The van der Waals surface area contributed by atoms with Crippen LogP contribution >= 0.6 is 23.7 Å². The van der Waals surface area contributed by atoms with Crippen LogP contribution in [0, 0.1) is 0 Å². The van der Waals surface area contributed by atoms with E-state index in [1.165, 1.54) is 0 Å². The van der Waals surface area contributed by atoms with Crippen molar-refractivity contribution in [1.29, 1.82) is 0 Å². The lowest BCUT2D eigenvalue weighted by Gasteiger charge is -1.62. The lowest BCUT2D eigenvalue weighted by molar-refractivity contribution is 0.900. The summed E-state index contributed by atoms with van der Waals surface area (Å²) in [6.07, 6.45) is 0. The van der Waals surface area contributed by atoms with Crippen LogP contribution in [0.15, 0.2) is 22.9 Å². The monoisotopic (exact) mass is 166 g/mol. The minimum Gasteiger partial charge on any atom is -0.272 e. The van der Waals surface area contributed by atoms with Gasteiger partial charge in [0, 0.05) is 0 Å². The number of rotatable bonds is 0. The normalized spacial score (nSPS) is 6.44. The van der Waals surface area contributed by atoms with Crippen molar-refractivity contribution >= 4 is 23.7 Å². The average Bonchev–Trinajstić information content (AvgIpc) is 2.17. The summed E-state index contributed by atoms with van der Waals surface area (Å²) in [5.41, 5.74) is 2.25. The second kappa shape index (κ2) is 10.8. The van der Waals surface area contributed by atoms with Crippen LogP contribution in [0.3, 0.4) is 0 Å². The first-order valence-corrected chi connectivity index (χ1v) is 3.20. The van der Waals surface area contributed by atoms with Gasteiger partial charge in [-0.15, -0.1) is 12.4 Å². The highest BCUT2D eigenvalue weighted by Gasteiger charge is 1.58. The van der Waals surface area contributed by atoms with E-state index in [2.05, 4.69) is 11.3 Å². The van der Waals surface area contributed by atoms with Gasteiger partial charge in [0.2, 0.25) is 0 Å². The Kier molecular flexibility index (Phi) is 14.0. The predicted molar refractivity (Wildman–Crippen MR) is 44.8 cm³/mol. The van der Waals surface area contributed by atoms with Crippen molar-refractivity contribution < 1.29 is 0 Å². The molecule has 54 valence electrons. The van der Waals surface area contributed by atoms with Gasteiger partial charge in [-0.3, -0.25) is 11.3 Å². The number of hydrogen-bond donors (Lipinski definition) is 2. The molecule has 9 heavy (non-hydrogen) atoms. The van der Waals surface area contributed by atoms with Gasteiger partial charge < -0.3 is 0 Å². The van der Waals surface area contributed by atoms with Crippen LogP contribution in [-0.2, 0) is 0 Å². The van der Waals surface area contributed by atoms with Crippen molar-refractivity contribution in [3.63, 3.8) is 0 Å². The Hall–Kier alpha value is -0.0900. The van der Waals surface area contributed by atoms with Crippen LogP contribution in [0.5, 0.6) is 0 Å². The van der Waals surface area contributed by atoms with Crippen molar-refractivity contribution in [3.8, 4) is 0 Å². The second-order valence-electron chi connectivity index (χ2n) is 1.08. The van der Waals surface area contributed by atoms with Crippen molar-refractivity contribution in [3.05, 3.63) is 22.9 Å². The number of thiophene rings is 1. The van der Waals surface area contributed by atoms with Crippen LogP contribution in [0.4, 0.5) is 0 Å². The van der Waals surface area contributed by atoms with Gasteiger partial charge in [0.15, 0.2) is 0 Å². The Balaban J connectivity index is 0. The number of halogens is 1. The molecule has 0 atom stereocenters. The summed E-state index contributed by atoms with van der Waals surface area (Å²) in [5, 5.41) is 4.08. The van der Waals surface area contributed by atoms with Gasteiger partial charge in [0.25, 0.3) is 0 Å². The van der Waals surface area contributed by atoms with Gasteiger partial charge in [-0.25, -0.2) is 0 Å². The molecule has 0 spiro atoms. The zero-order chi connectivity index (χ0) is 6.24. The molecule has 0 unspecified atom stereocenters. The maximum atomic E-state index is 4.60. The smallest absolute Gasteiger partial charge is 0.00172 e. The first-order valence-electron chi connectivity index (χ1n) is 2.26. The van der Waals surface area contributed by atoms with Gasteiger partial charge in [-0.1, -0.05) is 12.1 Å². The first-order chi connectivity index (χ1) is 3.91. The predicted octanol–water partition coefficient (Wildman–Crippen LogP) is 1.25. The van der Waals surface area contributed by atoms with E-state index in [4.69, 9.17) is 0 Å². The number of hydrogen-bond acceptors (Lipinski definition) is 3. The molecule has 2 nitrogen and oxygen atoms in total. The minimum atomic E-state index is 0. The Morgan fingerprint density at radius 1 is 1.33 bits per heavy atom. The maximum Gasteiger partial charge on any atom is -0.00172 e. The third-order valence-electron chi connectivity index (χ3n) is 0.425. The van der Waals surface area contributed by atoms with E-state index in [1.54, 1.807) is 18.4 Å². The molecule has 0 bridgehead atoms. The molecule has 0 aliphatic rings. The highest BCUT2D eigenvalue weighted by Crippen LogP contribution is 1.91. The third-order valence-corrected chi connectivity index (χ3v) is 1.05. The summed E-state index contributed by atoms with van der Waals surface area (Å²) < 4.78 is 0. The summed E-state index contributed by atoms with van der Waals surface area (Å²) in [7, 11) is 1.65. The molecule has 0 aliphatic carbocycles. The van der Waals surface area contributed by atoms with Crippen molar-refractivity contribution in [2.45, 2.75) is 0 Å². The fourth-order valence-electron chi connectivity index (χ4n) is 0.227. The fourth-order valence-corrected chi connectivity index (χ4v) is 0.680. The van der Waals surface area contributed by atoms with Gasteiger partial charge >= 0.3 is 0 Å². The Morgan fingerprint density at radius 3 is 1.78 bits per heavy atom. The highest BCUT2D eigenvalue weighted by molar-refractivity contribution is 7.07. The van der Waals surface area contributed by atoms with Gasteiger partial charge in [-0.05, 0) is 17.8 Å². The molecule has 1 aromatic rings. The van der Waals surface area contributed by atoms with E-state index in [9.17, 15) is 0 Å². The van der Waals surface area contributed by atoms with Gasteiger partial charge in [0.1, 0.15) is 0 Å². The van der Waals surface area contributed by atoms with Crippen molar-refractivity contribution in [2.24, 2.45) is 5.84 Å². The Labute approximate surface area is 65.5 Å². The molecule has 1 rings (SSSR count). The van der Waals surface area contributed by atoms with Crippen LogP contribution in [0.25, 0.3) is 0 Å². The summed E-state index contributed by atoms with van der Waals surface area (Å²) in [6.45, 7) is 0. The van der Waals surface area contributed by atoms with Gasteiger partial charge in [-0.2, -0.15) is 11.3 Å². The maximum absolute atomic E-state index is 4.60. The van der Waals surface area contributed by atoms with E-state index in [0.29, 0.717) is 0 Å². The van der Waals surface area contributed by atoms with E-state index in [1.807, 2.05) is 22.9 Å². The third kappa shape index (κ3) is 11.5. The molecule has 0 fully saturated rings. The second-order valence-corrected chi connectivity index (χ2v) is 1.90. The van der Waals surface area contributed by atoms with E-state index in [0.717, 1.165) is 0 Å². The van der Waals surface area contributed by atoms with Crippen LogP contribution in [-0.4, -0.2) is 7.05 Å². The lowest BCUT2D eigenvalue weighted by Crippen LogP contribution is -2.13. The minimum absolute atomic E-state index is 0. The molecule has 0 saturated carbocycles. The fraction of sp³-hybridized carbons (Fsp3) is 0.200. The number of nitrogens with two attached hydrogens (primary N) is 1. The zero-order valence-corrected chi connectivity index (χ0v) is 6.84. The molecule has 3 N–H and O–H groups in total. The molecule has 0 saturated heterocycles. The average molecular weight is 167 g/mol. The molecule has 4 heteroatoms. The van der Waals surface area contributed by atoms with Crippen LogP contribution < -0.4 is 11.3 Å². The van der Waals surface area contributed by atoms with Gasteiger partial charge in [0.05, 0.1) is 0 Å². The standard InChI is InChI=1S/C4H4S.CH6N2.ClH/c1-2-4-5-3-1;1-3-2;/h1-4H;3H,2H2,1H3;1H. The SMILES string of the molecule is CNN.Cl.c1ccsc1. The molecule has 1 aromatic heterocycles. The molecule has 0 amide bonds. The summed E-state index contributed by atoms with van der Waals surface area (Å²) in [6, 6.07) is 4.04. The summed E-state index contributed by atoms with van der Waals surface area (Å²) >= 11 is 1.71. The molecule has 0 aliphatic heterocycles. The Morgan fingerprint density at radius 2 is 1.67 bits per heavy atom. The largest absolute Gasteiger partial charge is 0.272 e. The van der Waals surface area contributed by atoms with Crippen molar-refractivity contribution in [2.75, 3.05) is 7.05 Å². The quantitative estimate of drug-likeness (QED) is 0.450. The number of nitrogens with one attached hydrogen (secondary N) is 1. The van der Waals surface area contributed by atoms with E-state index >= 15 is 0 Å². The summed E-state index contributed by atoms with van der Waals surface area (Å²) in [4.78, 5) is 0.